The zero-order valence-corrected chi connectivity index (χ0v) is 65.0. The molecule has 6 fully saturated rings. The second kappa shape index (κ2) is 49.8. The molecule has 6 heterocycles. The van der Waals surface area contributed by atoms with Crippen LogP contribution in [0.1, 0.15) is 0 Å². The van der Waals surface area contributed by atoms with Gasteiger partial charge in [0.15, 0.2) is 0 Å². The number of piperazine rings is 6. The van der Waals surface area contributed by atoms with Crippen molar-refractivity contribution in [2.24, 2.45) is 0 Å². The molecule has 0 aromatic carbocycles. The maximum Gasteiger partial charge on any atom is 3.00 e. The molecule has 41 heteroatoms. The fourth-order valence-corrected chi connectivity index (χ4v) is 10.8. The molecule has 0 spiro atoms. The van der Waals surface area contributed by atoms with E-state index in [0.29, 0.717) is 51.8 Å². The number of thiocarbonyl (C=S) groups is 12. The molecule has 6 saturated heterocycles. The number of hydrogen-bond donors (Lipinski definition) is 0. The summed E-state index contributed by atoms with van der Waals surface area (Å²) >= 11 is 117. The Labute approximate surface area is 640 Å². The minimum Gasteiger partial charge on any atom is -0.411 e. The van der Waals surface area contributed by atoms with Gasteiger partial charge in [-0.2, -0.15) is 0 Å². The van der Waals surface area contributed by atoms with Crippen LogP contribution in [0.5, 0.6) is 0 Å². The average Bonchev–Trinajstić information content (AvgIpc) is 3.35. The maximum atomic E-state index is 4.88. The van der Waals surface area contributed by atoms with Gasteiger partial charge in [-0.3, -0.25) is 0 Å². The third-order valence-electron chi connectivity index (χ3n) is 10.8. The Hall–Kier alpha value is 3.87. The van der Waals surface area contributed by atoms with Crippen LogP contribution in [0, 0.1) is 0 Å². The molecule has 2 radical (unpaired) electrons. The predicted octanol–water partition coefficient (Wildman–Crippen LogP) is 1.59. The van der Waals surface area contributed by atoms with Crippen LogP contribution in [0.3, 0.4) is 0 Å². The van der Waals surface area contributed by atoms with Gasteiger partial charge in [-0.25, -0.2) is 0 Å². The molecular formula is C36H48Cr2N12Ni3S24. The van der Waals surface area contributed by atoms with E-state index in [4.69, 9.17) is 298 Å². The van der Waals surface area contributed by atoms with E-state index in [-0.39, 0.29) is 84.2 Å². The molecule has 0 atom stereocenters. The second-order valence-electron chi connectivity index (χ2n) is 15.0. The molecular weight excluding hydrogens is 1650 g/mol. The summed E-state index contributed by atoms with van der Waals surface area (Å²) in [5, 5.41) is 0. The Kier molecular flexibility index (Phi) is 58.0. The summed E-state index contributed by atoms with van der Waals surface area (Å²) in [5.41, 5.74) is 0. The van der Waals surface area contributed by atoms with E-state index < -0.39 is 0 Å². The van der Waals surface area contributed by atoms with Crippen molar-refractivity contribution in [3.63, 3.8) is 0 Å². The van der Waals surface area contributed by atoms with Gasteiger partial charge < -0.3 is 357 Å². The molecule has 438 valence electrons. The van der Waals surface area contributed by atoms with E-state index in [1.54, 1.807) is 0 Å². The molecule has 0 bridgehead atoms. The van der Waals surface area contributed by atoms with Crippen LogP contribution >= 0.6 is 147 Å². The smallest absolute Gasteiger partial charge is 0.411 e. The van der Waals surface area contributed by atoms with Crippen molar-refractivity contribution in [1.82, 2.24) is 58.8 Å². The van der Waals surface area contributed by atoms with Crippen molar-refractivity contribution in [2.75, 3.05) is 157 Å². The Morgan fingerprint density at radius 3 is 0.221 bits per heavy atom. The van der Waals surface area contributed by atoms with Crippen LogP contribution in [0.25, 0.3) is 0 Å². The first-order valence-corrected chi connectivity index (χ1v) is 31.0. The molecule has 0 N–H and O–H groups in total. The zero-order chi connectivity index (χ0) is 54.8. The van der Waals surface area contributed by atoms with Crippen molar-refractivity contribution in [3.8, 4) is 0 Å². The van der Waals surface area contributed by atoms with Gasteiger partial charge in [0.1, 0.15) is 0 Å². The van der Waals surface area contributed by atoms with Crippen molar-refractivity contribution >= 4 is 350 Å². The molecule has 6 aliphatic heterocycles. The number of rotatable bonds is 0. The van der Waals surface area contributed by atoms with E-state index in [1.807, 2.05) is 58.8 Å². The summed E-state index contributed by atoms with van der Waals surface area (Å²) in [6.07, 6.45) is 0. The number of hydrogen-bond acceptors (Lipinski definition) is 24. The third kappa shape index (κ3) is 38.7. The first-order chi connectivity index (χ1) is 33.7. The predicted molar refractivity (Wildman–Crippen MR) is 378 cm³/mol. The molecule has 0 aromatic rings. The summed E-state index contributed by atoms with van der Waals surface area (Å²) in [5.74, 6) is 0. The summed E-state index contributed by atoms with van der Waals surface area (Å²) in [6.45, 7) is 20.3. The van der Waals surface area contributed by atoms with Gasteiger partial charge in [0, 0.05) is 157 Å². The molecule has 0 amide bonds. The Morgan fingerprint density at radius 2 is 0.195 bits per heavy atom. The maximum absolute atomic E-state index is 4.88. The Balaban J connectivity index is -0.000000266. The molecule has 77 heavy (non-hydrogen) atoms. The fourth-order valence-electron chi connectivity index (χ4n) is 6.43. The third-order valence-corrected chi connectivity index (χ3v) is 17.0. The standard InChI is InChI=1S/6C6H10N2S4.2Cr.3Ni/c6*9-5(10)7-1-2-8(4-3-7)6(11)12;;;;;/h6*1-4H2,(H,9,10)(H,11,12);;;;;/q;;;;;;2*+3;3*+2/p-12. The molecule has 0 unspecified atom stereocenters. The Morgan fingerprint density at radius 1 is 0.156 bits per heavy atom. The zero-order valence-electron chi connectivity index (χ0n) is 39.9. The molecule has 0 aromatic heterocycles. The Bertz CT molecular complexity index is 1430. The van der Waals surface area contributed by atoms with Crippen molar-refractivity contribution < 1.29 is 84.2 Å². The van der Waals surface area contributed by atoms with Gasteiger partial charge in [-0.05, 0) is 0 Å². The summed E-state index contributed by atoms with van der Waals surface area (Å²) in [6, 6.07) is 0. The van der Waals surface area contributed by atoms with E-state index >= 15 is 0 Å². The SMILES string of the molecule is S=C([S-])N1CCN(C(=S)[S-])CC1.S=C([S-])N1CCN(C(=S)[S-])CC1.S=C([S-])N1CCN(C(=S)[S-])CC1.S=C([S-])N1CCN(C(=S)[S-])CC1.S=C([S-])N1CCN(C(=S)[S-])CC1.S=C([S-])N1CCN(C(=S)[S-])CC1.[Cr+3].[Cr+3].[Ni+2].[Ni+2].[Ni+2]. The van der Waals surface area contributed by atoms with Crippen molar-refractivity contribution in [1.29, 1.82) is 0 Å². The van der Waals surface area contributed by atoms with Crippen LogP contribution in [-0.4, -0.2) is 268 Å². The molecule has 0 saturated carbocycles. The van der Waals surface area contributed by atoms with Crippen LogP contribution in [0.2, 0.25) is 0 Å². The topological polar surface area (TPSA) is 38.9 Å². The van der Waals surface area contributed by atoms with Gasteiger partial charge >= 0.3 is 84.2 Å². The molecule has 12 nitrogen and oxygen atoms in total. The quantitative estimate of drug-likeness (QED) is 0.200. The average molecular weight is 1700 g/mol. The first-order valence-electron chi connectivity index (χ1n) is 21.2. The summed E-state index contributed by atoms with van der Waals surface area (Å²) in [4.78, 5) is 23.9. The van der Waals surface area contributed by atoms with Crippen LogP contribution in [-0.2, 0) is 236 Å². The van der Waals surface area contributed by atoms with Crippen LogP contribution in [0.4, 0.5) is 0 Å². The van der Waals surface area contributed by atoms with Gasteiger partial charge in [0.2, 0.25) is 0 Å². The van der Waals surface area contributed by atoms with Gasteiger partial charge in [-0.15, -0.1) is 0 Å². The van der Waals surface area contributed by atoms with Crippen molar-refractivity contribution in [2.45, 2.75) is 0 Å². The minimum absolute atomic E-state index is 0. The van der Waals surface area contributed by atoms with Crippen molar-refractivity contribution in [3.05, 3.63) is 0 Å². The second-order valence-corrected chi connectivity index (χ2v) is 27.4. The number of nitrogens with zero attached hydrogens (tertiary/aromatic N) is 12. The summed E-state index contributed by atoms with van der Waals surface area (Å²) in [7, 11) is 0. The van der Waals surface area contributed by atoms with Crippen LogP contribution < -0.4 is 0 Å². The van der Waals surface area contributed by atoms with E-state index in [2.05, 4.69) is 0 Å². The van der Waals surface area contributed by atoms with E-state index in [9.17, 15) is 0 Å². The van der Waals surface area contributed by atoms with E-state index in [1.165, 1.54) is 0 Å². The molecule has 6 rings (SSSR count). The fraction of sp³-hybridized carbons (Fsp3) is 0.667. The summed E-state index contributed by atoms with van der Waals surface area (Å²) < 4.78 is 6.55. The minimum atomic E-state index is 0. The first kappa shape index (κ1) is 89.6. The monoisotopic (exact) mass is 1690 g/mol. The molecule has 6 aliphatic rings. The van der Waals surface area contributed by atoms with Gasteiger partial charge in [0.05, 0.1) is 0 Å². The van der Waals surface area contributed by atoms with Gasteiger partial charge in [-0.1, -0.05) is 51.8 Å². The molecule has 0 aliphatic carbocycles. The van der Waals surface area contributed by atoms with Crippen LogP contribution in [0.15, 0.2) is 0 Å². The van der Waals surface area contributed by atoms with E-state index in [0.717, 1.165) is 157 Å². The van der Waals surface area contributed by atoms with Gasteiger partial charge in [0.25, 0.3) is 0 Å². The largest absolute Gasteiger partial charge is 3.00 e. The normalized spacial score (nSPS) is 16.5.